The molecule has 134 valence electrons. The Balaban J connectivity index is 1.73. The van der Waals surface area contributed by atoms with E-state index in [4.69, 9.17) is 13.9 Å². The van der Waals surface area contributed by atoms with E-state index in [1.807, 2.05) is 31.2 Å². The van der Waals surface area contributed by atoms with Gasteiger partial charge in [0.25, 0.3) is 5.89 Å². The number of carbonyl (C=O) groups is 1. The van der Waals surface area contributed by atoms with Crippen LogP contribution in [0.2, 0.25) is 0 Å². The number of benzene rings is 2. The molecule has 1 atom stereocenters. The number of esters is 1. The van der Waals surface area contributed by atoms with Gasteiger partial charge in [-0.1, -0.05) is 17.7 Å². The number of aryl methyl sites for hydroxylation is 1. The van der Waals surface area contributed by atoms with Gasteiger partial charge >= 0.3 is 5.97 Å². The highest BCUT2D eigenvalue weighted by molar-refractivity contribution is 5.90. The first-order valence-corrected chi connectivity index (χ1v) is 7.93. The summed E-state index contributed by atoms with van der Waals surface area (Å²) in [6, 6.07) is 11.5. The molecule has 0 saturated carbocycles. The average Bonchev–Trinajstić information content (AvgIpc) is 3.12. The van der Waals surface area contributed by atoms with E-state index in [0.29, 0.717) is 11.6 Å². The van der Waals surface area contributed by atoms with Crippen molar-refractivity contribution in [3.8, 4) is 17.2 Å². The van der Waals surface area contributed by atoms with E-state index in [1.54, 1.807) is 6.92 Å². The molecule has 0 radical (unpaired) electrons. The molecule has 0 bridgehead atoms. The zero-order valence-corrected chi connectivity index (χ0v) is 14.5. The van der Waals surface area contributed by atoms with Crippen LogP contribution in [0.3, 0.4) is 0 Å². The van der Waals surface area contributed by atoms with E-state index in [9.17, 15) is 9.18 Å². The van der Waals surface area contributed by atoms with Crippen LogP contribution in [0.5, 0.6) is 5.75 Å². The highest BCUT2D eigenvalue weighted by Gasteiger charge is 2.22. The monoisotopic (exact) mass is 356 g/mol. The van der Waals surface area contributed by atoms with Crippen molar-refractivity contribution in [2.45, 2.75) is 20.0 Å². The fourth-order valence-corrected chi connectivity index (χ4v) is 2.27. The Bertz CT molecular complexity index is 922. The van der Waals surface area contributed by atoms with E-state index < -0.39 is 17.9 Å². The first-order valence-electron chi connectivity index (χ1n) is 7.93. The number of nitrogens with zero attached hydrogens (tertiary/aromatic N) is 2. The number of rotatable bonds is 5. The fourth-order valence-electron chi connectivity index (χ4n) is 2.27. The summed E-state index contributed by atoms with van der Waals surface area (Å²) in [5, 5.41) is 7.86. The summed E-state index contributed by atoms with van der Waals surface area (Å²) in [6.45, 7) is 3.55. The van der Waals surface area contributed by atoms with Crippen LogP contribution in [-0.2, 0) is 4.74 Å². The summed E-state index contributed by atoms with van der Waals surface area (Å²) in [4.78, 5) is 12.2. The Morgan fingerprint density at radius 1 is 1.15 bits per heavy atom. The first kappa shape index (κ1) is 17.6. The maximum Gasteiger partial charge on any atom is 0.341 e. The minimum Gasteiger partial charge on any atom is -0.497 e. The van der Waals surface area contributed by atoms with Crippen molar-refractivity contribution in [1.82, 2.24) is 10.2 Å². The second-order valence-electron chi connectivity index (χ2n) is 5.70. The molecule has 7 heteroatoms. The molecule has 0 spiro atoms. The lowest BCUT2D eigenvalue weighted by Crippen LogP contribution is -2.11. The predicted octanol–water partition coefficient (Wildman–Crippen LogP) is 4.11. The van der Waals surface area contributed by atoms with Crippen molar-refractivity contribution in [3.05, 3.63) is 65.3 Å². The summed E-state index contributed by atoms with van der Waals surface area (Å²) in [5.74, 6) is -0.798. The van der Waals surface area contributed by atoms with Crippen LogP contribution < -0.4 is 4.74 Å². The van der Waals surface area contributed by atoms with Crippen molar-refractivity contribution in [1.29, 1.82) is 0 Å². The maximum atomic E-state index is 14.0. The van der Waals surface area contributed by atoms with E-state index in [1.165, 1.54) is 19.2 Å². The van der Waals surface area contributed by atoms with Gasteiger partial charge in [0.2, 0.25) is 5.89 Å². The third-order valence-electron chi connectivity index (χ3n) is 3.77. The van der Waals surface area contributed by atoms with Crippen molar-refractivity contribution in [2.75, 3.05) is 7.11 Å². The van der Waals surface area contributed by atoms with E-state index in [2.05, 4.69) is 10.2 Å². The van der Waals surface area contributed by atoms with Crippen LogP contribution in [0.25, 0.3) is 11.5 Å². The molecule has 3 aromatic rings. The average molecular weight is 356 g/mol. The molecule has 2 aromatic carbocycles. The standard InChI is InChI=1S/C19H17FN2O4/c1-11-4-6-13(7-5-11)18-22-21-17(26-18)12(2)25-19(23)15-9-8-14(24-3)10-16(15)20/h4-10,12H,1-3H3/t12-/m0/s1. The summed E-state index contributed by atoms with van der Waals surface area (Å²) in [7, 11) is 1.41. The van der Waals surface area contributed by atoms with E-state index >= 15 is 0 Å². The largest absolute Gasteiger partial charge is 0.497 e. The lowest BCUT2D eigenvalue weighted by Gasteiger charge is -2.10. The molecule has 3 rings (SSSR count). The molecule has 0 saturated heterocycles. The van der Waals surface area contributed by atoms with Gasteiger partial charge in [-0.05, 0) is 38.1 Å². The molecular formula is C19H17FN2O4. The molecule has 0 aliphatic carbocycles. The fraction of sp³-hybridized carbons (Fsp3) is 0.211. The van der Waals surface area contributed by atoms with Gasteiger partial charge in [-0.2, -0.15) is 0 Å². The van der Waals surface area contributed by atoms with Gasteiger partial charge in [0, 0.05) is 11.6 Å². The lowest BCUT2D eigenvalue weighted by atomic mass is 10.1. The topological polar surface area (TPSA) is 74.5 Å². The van der Waals surface area contributed by atoms with E-state index in [-0.39, 0.29) is 11.5 Å². The number of aromatic nitrogens is 2. The number of methoxy groups -OCH3 is 1. The lowest BCUT2D eigenvalue weighted by molar-refractivity contribution is 0.0274. The predicted molar refractivity (Wildman–Crippen MR) is 91.3 cm³/mol. The molecule has 0 aliphatic rings. The maximum absolute atomic E-state index is 14.0. The highest BCUT2D eigenvalue weighted by atomic mass is 19.1. The third-order valence-corrected chi connectivity index (χ3v) is 3.77. The van der Waals surface area contributed by atoms with Gasteiger partial charge in [-0.15, -0.1) is 10.2 Å². The zero-order chi connectivity index (χ0) is 18.7. The minimum atomic E-state index is -0.826. The number of halogens is 1. The normalized spacial score (nSPS) is 11.8. The van der Waals surface area contributed by atoms with Crippen LogP contribution in [0.1, 0.15) is 34.8 Å². The molecule has 0 amide bonds. The molecule has 1 aromatic heterocycles. The summed E-state index contributed by atoms with van der Waals surface area (Å²) in [6.07, 6.45) is -0.823. The van der Waals surface area contributed by atoms with Crippen molar-refractivity contribution < 1.29 is 23.1 Å². The second-order valence-corrected chi connectivity index (χ2v) is 5.70. The van der Waals surface area contributed by atoms with Crippen LogP contribution in [0, 0.1) is 12.7 Å². The molecule has 0 fully saturated rings. The number of hydrogen-bond donors (Lipinski definition) is 0. The van der Waals surface area contributed by atoms with Gasteiger partial charge < -0.3 is 13.9 Å². The molecule has 26 heavy (non-hydrogen) atoms. The number of ether oxygens (including phenoxy) is 2. The highest BCUT2D eigenvalue weighted by Crippen LogP contribution is 2.24. The third kappa shape index (κ3) is 3.72. The number of hydrogen-bond acceptors (Lipinski definition) is 6. The van der Waals surface area contributed by atoms with Gasteiger partial charge in [-0.3, -0.25) is 0 Å². The molecule has 0 aliphatic heterocycles. The van der Waals surface area contributed by atoms with Gasteiger partial charge in [0.1, 0.15) is 11.6 Å². The smallest absolute Gasteiger partial charge is 0.341 e. The Morgan fingerprint density at radius 2 is 1.88 bits per heavy atom. The second kappa shape index (κ2) is 7.35. The van der Waals surface area contributed by atoms with E-state index in [0.717, 1.165) is 17.2 Å². The Hall–Kier alpha value is -3.22. The number of carbonyl (C=O) groups excluding carboxylic acids is 1. The quantitative estimate of drug-likeness (QED) is 0.641. The van der Waals surface area contributed by atoms with Gasteiger partial charge in [-0.25, -0.2) is 9.18 Å². The minimum absolute atomic E-state index is 0.128. The molecule has 1 heterocycles. The molecule has 0 N–H and O–H groups in total. The van der Waals surface area contributed by atoms with Crippen molar-refractivity contribution in [3.63, 3.8) is 0 Å². The van der Waals surface area contributed by atoms with Gasteiger partial charge in [0.15, 0.2) is 6.10 Å². The zero-order valence-electron chi connectivity index (χ0n) is 14.5. The SMILES string of the molecule is COc1ccc(C(=O)O[C@@H](C)c2nnc(-c3ccc(C)cc3)o2)c(F)c1. The molecular weight excluding hydrogens is 339 g/mol. The van der Waals surface area contributed by atoms with Crippen molar-refractivity contribution >= 4 is 5.97 Å². The Kier molecular flexibility index (Phi) is 4.97. The van der Waals surface area contributed by atoms with Gasteiger partial charge in [0.05, 0.1) is 12.7 Å². The molecule has 0 unspecified atom stereocenters. The first-order chi connectivity index (χ1) is 12.5. The van der Waals surface area contributed by atoms with Crippen LogP contribution in [-0.4, -0.2) is 23.3 Å². The van der Waals surface area contributed by atoms with Crippen molar-refractivity contribution in [2.24, 2.45) is 0 Å². The summed E-state index contributed by atoms with van der Waals surface area (Å²) >= 11 is 0. The summed E-state index contributed by atoms with van der Waals surface area (Å²) < 4.78 is 29.7. The van der Waals surface area contributed by atoms with Crippen LogP contribution in [0.15, 0.2) is 46.9 Å². The van der Waals surface area contributed by atoms with Crippen LogP contribution in [0.4, 0.5) is 4.39 Å². The van der Waals surface area contributed by atoms with Crippen LogP contribution >= 0.6 is 0 Å². The Labute approximate surface area is 149 Å². The molecule has 6 nitrogen and oxygen atoms in total. The summed E-state index contributed by atoms with van der Waals surface area (Å²) in [5.41, 5.74) is 1.67. The Morgan fingerprint density at radius 3 is 2.54 bits per heavy atom.